The molecule has 2 heterocycles. The summed E-state index contributed by atoms with van der Waals surface area (Å²) in [7, 11) is 0. The van der Waals surface area contributed by atoms with Crippen LogP contribution in [0.15, 0.2) is 30.6 Å². The van der Waals surface area contributed by atoms with E-state index >= 15 is 0 Å². The number of H-pyrrole nitrogens is 1. The van der Waals surface area contributed by atoms with Gasteiger partial charge in [0.2, 0.25) is 5.91 Å². The average molecular weight is 420 g/mol. The van der Waals surface area contributed by atoms with Gasteiger partial charge in [0.15, 0.2) is 0 Å². The summed E-state index contributed by atoms with van der Waals surface area (Å²) < 4.78 is 1.56. The molecule has 1 atom stereocenters. The van der Waals surface area contributed by atoms with E-state index in [1.54, 1.807) is 17.1 Å². The Bertz CT molecular complexity index is 1120. The van der Waals surface area contributed by atoms with Gasteiger partial charge in [0, 0.05) is 23.3 Å². The highest BCUT2D eigenvalue weighted by Gasteiger charge is 2.22. The molecule has 3 N–H and O–H groups in total. The summed E-state index contributed by atoms with van der Waals surface area (Å²) in [5.41, 5.74) is 4.73. The third-order valence-electron chi connectivity index (χ3n) is 6.63. The number of aryl methyl sites for hydroxylation is 1. The molecule has 7 nitrogen and oxygen atoms in total. The second kappa shape index (κ2) is 8.21. The highest BCUT2D eigenvalue weighted by Crippen LogP contribution is 2.33. The SMILES string of the molecule is CC1CCc2[nH]c3c(C(=O)Nc4cnn(CC(=O)NC5CCCC5)c4)cccc3c2C1. The maximum atomic E-state index is 13.0. The second-order valence-corrected chi connectivity index (χ2v) is 9.09. The van der Waals surface area contributed by atoms with Crippen LogP contribution in [0.5, 0.6) is 0 Å². The molecule has 1 aromatic carbocycles. The third kappa shape index (κ3) is 4.09. The molecule has 162 valence electrons. The Labute approximate surface area is 181 Å². The molecule has 1 saturated carbocycles. The molecule has 0 aliphatic heterocycles. The number of aromatic amines is 1. The molecule has 0 saturated heterocycles. The van der Waals surface area contributed by atoms with Crippen molar-refractivity contribution in [2.45, 2.75) is 64.5 Å². The minimum absolute atomic E-state index is 0.0381. The number of amides is 2. The lowest BCUT2D eigenvalue weighted by Gasteiger charge is -2.17. The van der Waals surface area contributed by atoms with E-state index in [-0.39, 0.29) is 24.4 Å². The van der Waals surface area contributed by atoms with E-state index in [2.05, 4.69) is 33.7 Å². The molecule has 2 aliphatic carbocycles. The molecule has 2 aromatic heterocycles. The molecule has 1 unspecified atom stereocenters. The fraction of sp³-hybridized carbons (Fsp3) is 0.458. The van der Waals surface area contributed by atoms with Gasteiger partial charge in [-0.25, -0.2) is 0 Å². The largest absolute Gasteiger partial charge is 0.358 e. The molecule has 0 spiro atoms. The summed E-state index contributed by atoms with van der Waals surface area (Å²) >= 11 is 0. The fourth-order valence-corrected chi connectivity index (χ4v) is 5.01. The Morgan fingerprint density at radius 1 is 1.23 bits per heavy atom. The van der Waals surface area contributed by atoms with Gasteiger partial charge in [-0.3, -0.25) is 14.3 Å². The van der Waals surface area contributed by atoms with E-state index in [0.29, 0.717) is 17.2 Å². The lowest BCUT2D eigenvalue weighted by Crippen LogP contribution is -2.35. The Balaban J connectivity index is 1.28. The molecule has 0 bridgehead atoms. The first kappa shape index (κ1) is 19.8. The molecule has 2 amide bonds. The van der Waals surface area contributed by atoms with Crippen LogP contribution >= 0.6 is 0 Å². The number of para-hydroxylation sites is 1. The Morgan fingerprint density at radius 3 is 2.90 bits per heavy atom. The number of benzene rings is 1. The highest BCUT2D eigenvalue weighted by molar-refractivity contribution is 6.12. The van der Waals surface area contributed by atoms with E-state index in [1.165, 1.54) is 30.5 Å². The van der Waals surface area contributed by atoms with E-state index in [9.17, 15) is 9.59 Å². The number of rotatable bonds is 5. The average Bonchev–Trinajstić information content (AvgIpc) is 3.48. The van der Waals surface area contributed by atoms with E-state index in [0.717, 1.165) is 36.6 Å². The summed E-state index contributed by atoms with van der Waals surface area (Å²) in [5.74, 6) is 0.455. The first-order chi connectivity index (χ1) is 15.1. The van der Waals surface area contributed by atoms with Crippen molar-refractivity contribution in [3.8, 4) is 0 Å². The van der Waals surface area contributed by atoms with Crippen LogP contribution in [0.4, 0.5) is 5.69 Å². The van der Waals surface area contributed by atoms with Gasteiger partial charge in [-0.05, 0) is 49.7 Å². The van der Waals surface area contributed by atoms with Gasteiger partial charge in [-0.1, -0.05) is 31.9 Å². The maximum Gasteiger partial charge on any atom is 0.257 e. The number of hydrogen-bond acceptors (Lipinski definition) is 3. The van der Waals surface area contributed by atoms with Crippen molar-refractivity contribution in [2.24, 2.45) is 5.92 Å². The van der Waals surface area contributed by atoms with Crippen LogP contribution in [0.1, 0.15) is 60.6 Å². The van der Waals surface area contributed by atoms with Crippen LogP contribution < -0.4 is 10.6 Å². The fourth-order valence-electron chi connectivity index (χ4n) is 5.01. The maximum absolute atomic E-state index is 13.0. The van der Waals surface area contributed by atoms with Gasteiger partial charge < -0.3 is 15.6 Å². The van der Waals surface area contributed by atoms with Crippen LogP contribution in [0, 0.1) is 5.92 Å². The smallest absolute Gasteiger partial charge is 0.257 e. The normalized spacial score (nSPS) is 18.8. The first-order valence-electron chi connectivity index (χ1n) is 11.3. The molecule has 3 aromatic rings. The van der Waals surface area contributed by atoms with Crippen molar-refractivity contribution < 1.29 is 9.59 Å². The molecular formula is C24H29N5O2. The molecule has 5 rings (SSSR count). The van der Waals surface area contributed by atoms with Gasteiger partial charge in [0.05, 0.1) is 23.0 Å². The van der Waals surface area contributed by atoms with E-state index in [4.69, 9.17) is 0 Å². The Kier molecular flexibility index (Phi) is 5.26. The predicted molar refractivity (Wildman–Crippen MR) is 120 cm³/mol. The quantitative estimate of drug-likeness (QED) is 0.587. The minimum atomic E-state index is -0.174. The molecular weight excluding hydrogens is 390 g/mol. The molecule has 7 heteroatoms. The van der Waals surface area contributed by atoms with Crippen molar-refractivity contribution in [2.75, 3.05) is 5.32 Å². The van der Waals surface area contributed by atoms with Crippen LogP contribution in [-0.4, -0.2) is 32.6 Å². The summed E-state index contributed by atoms with van der Waals surface area (Å²) in [6.07, 6.45) is 11.0. The first-order valence-corrected chi connectivity index (χ1v) is 11.3. The Morgan fingerprint density at radius 2 is 2.06 bits per heavy atom. The lowest BCUT2D eigenvalue weighted by atomic mass is 9.87. The van der Waals surface area contributed by atoms with E-state index in [1.807, 2.05) is 12.1 Å². The zero-order valence-electron chi connectivity index (χ0n) is 17.9. The number of nitrogens with zero attached hydrogens (tertiary/aromatic N) is 2. The zero-order valence-corrected chi connectivity index (χ0v) is 17.9. The third-order valence-corrected chi connectivity index (χ3v) is 6.63. The van der Waals surface area contributed by atoms with Crippen molar-refractivity contribution in [1.29, 1.82) is 0 Å². The molecule has 2 aliphatic rings. The van der Waals surface area contributed by atoms with E-state index < -0.39 is 0 Å². The predicted octanol–water partition coefficient (Wildman–Crippen LogP) is 3.80. The number of fused-ring (bicyclic) bond motifs is 3. The monoisotopic (exact) mass is 419 g/mol. The van der Waals surface area contributed by atoms with Crippen LogP contribution in [0.2, 0.25) is 0 Å². The summed E-state index contributed by atoms with van der Waals surface area (Å²) in [6.45, 7) is 2.44. The van der Waals surface area contributed by atoms with Gasteiger partial charge in [-0.15, -0.1) is 0 Å². The number of aromatic nitrogens is 3. The van der Waals surface area contributed by atoms with Crippen molar-refractivity contribution >= 4 is 28.4 Å². The van der Waals surface area contributed by atoms with Crippen molar-refractivity contribution in [3.05, 3.63) is 47.4 Å². The van der Waals surface area contributed by atoms with Crippen LogP contribution in [0.25, 0.3) is 10.9 Å². The molecule has 0 radical (unpaired) electrons. The van der Waals surface area contributed by atoms with Gasteiger partial charge in [0.1, 0.15) is 6.54 Å². The van der Waals surface area contributed by atoms with Crippen molar-refractivity contribution in [3.63, 3.8) is 0 Å². The van der Waals surface area contributed by atoms with Gasteiger partial charge >= 0.3 is 0 Å². The topological polar surface area (TPSA) is 91.8 Å². The number of carbonyl (C=O) groups excluding carboxylic acids is 2. The highest BCUT2D eigenvalue weighted by atomic mass is 16.2. The second-order valence-electron chi connectivity index (χ2n) is 9.09. The summed E-state index contributed by atoms with van der Waals surface area (Å²) in [5, 5.41) is 11.4. The molecule has 31 heavy (non-hydrogen) atoms. The summed E-state index contributed by atoms with van der Waals surface area (Å²) in [6, 6.07) is 6.18. The summed E-state index contributed by atoms with van der Waals surface area (Å²) in [4.78, 5) is 28.7. The van der Waals surface area contributed by atoms with Crippen LogP contribution in [0.3, 0.4) is 0 Å². The van der Waals surface area contributed by atoms with Gasteiger partial charge in [0.25, 0.3) is 5.91 Å². The zero-order chi connectivity index (χ0) is 21.4. The minimum Gasteiger partial charge on any atom is -0.358 e. The van der Waals surface area contributed by atoms with Crippen molar-refractivity contribution in [1.82, 2.24) is 20.1 Å². The molecule has 1 fully saturated rings. The lowest BCUT2D eigenvalue weighted by molar-refractivity contribution is -0.122. The standard InChI is InChI=1S/C24H29N5O2/c1-15-9-10-21-20(11-15)18-7-4-8-19(23(18)28-21)24(31)27-17-12-25-29(13-17)14-22(30)26-16-5-2-3-6-16/h4,7-8,12-13,15-16,28H,2-3,5-6,9-11,14H2,1H3,(H,26,30)(H,27,31). The van der Waals surface area contributed by atoms with Gasteiger partial charge in [-0.2, -0.15) is 5.10 Å². The number of nitrogens with one attached hydrogen (secondary N) is 3. The Hall–Kier alpha value is -3.09. The number of carbonyl (C=O) groups is 2. The van der Waals surface area contributed by atoms with Crippen LogP contribution in [-0.2, 0) is 24.2 Å². The number of anilines is 1. The number of hydrogen-bond donors (Lipinski definition) is 3.